The Labute approximate surface area is 110 Å². The number of halogens is 1. The molecule has 1 heterocycles. The smallest absolute Gasteiger partial charge is 0.0576 e. The molecule has 4 heteroatoms. The lowest BCUT2D eigenvalue weighted by atomic mass is 10.0. The Balaban J connectivity index is 2.02. The van der Waals surface area contributed by atoms with E-state index in [1.165, 1.54) is 3.57 Å². The SMILES string of the molecule is CC1CC(Nc2ccc(I)cc2N)CCO1. The van der Waals surface area contributed by atoms with Crippen LogP contribution < -0.4 is 11.1 Å². The molecule has 0 saturated carbocycles. The van der Waals surface area contributed by atoms with E-state index in [1.807, 2.05) is 6.07 Å². The number of ether oxygens (including phenoxy) is 1. The second-order valence-corrected chi connectivity index (χ2v) is 5.52. The van der Waals surface area contributed by atoms with Gasteiger partial charge in [-0.15, -0.1) is 0 Å². The number of hydrogen-bond donors (Lipinski definition) is 2. The summed E-state index contributed by atoms with van der Waals surface area (Å²) in [5, 5.41) is 3.50. The lowest BCUT2D eigenvalue weighted by Gasteiger charge is -2.29. The van der Waals surface area contributed by atoms with Crippen molar-refractivity contribution in [2.45, 2.75) is 31.9 Å². The summed E-state index contributed by atoms with van der Waals surface area (Å²) in [5.74, 6) is 0. The van der Waals surface area contributed by atoms with E-state index in [0.717, 1.165) is 30.8 Å². The minimum atomic E-state index is 0.344. The summed E-state index contributed by atoms with van der Waals surface area (Å²) in [6.07, 6.45) is 2.44. The van der Waals surface area contributed by atoms with Gasteiger partial charge in [-0.2, -0.15) is 0 Å². The Morgan fingerprint density at radius 2 is 2.31 bits per heavy atom. The molecule has 1 aliphatic heterocycles. The van der Waals surface area contributed by atoms with Gasteiger partial charge < -0.3 is 15.8 Å². The molecule has 1 aliphatic rings. The van der Waals surface area contributed by atoms with Gasteiger partial charge in [-0.1, -0.05) is 0 Å². The van der Waals surface area contributed by atoms with E-state index >= 15 is 0 Å². The fourth-order valence-electron chi connectivity index (χ4n) is 2.01. The molecule has 0 spiro atoms. The molecule has 2 unspecified atom stereocenters. The molecular formula is C12H17IN2O. The van der Waals surface area contributed by atoms with Crippen molar-refractivity contribution in [2.75, 3.05) is 17.7 Å². The molecule has 2 rings (SSSR count). The summed E-state index contributed by atoms with van der Waals surface area (Å²) in [6, 6.07) is 6.59. The molecule has 0 amide bonds. The third-order valence-electron chi connectivity index (χ3n) is 2.86. The number of rotatable bonds is 2. The molecule has 16 heavy (non-hydrogen) atoms. The highest BCUT2D eigenvalue weighted by Gasteiger charge is 2.19. The van der Waals surface area contributed by atoms with Crippen LogP contribution in [0.2, 0.25) is 0 Å². The summed E-state index contributed by atoms with van der Waals surface area (Å²) < 4.78 is 6.69. The molecular weight excluding hydrogens is 315 g/mol. The van der Waals surface area contributed by atoms with Crippen LogP contribution in [0, 0.1) is 3.57 Å². The predicted octanol–water partition coefficient (Wildman–Crippen LogP) is 2.85. The molecule has 1 aromatic carbocycles. The van der Waals surface area contributed by atoms with Gasteiger partial charge >= 0.3 is 0 Å². The number of anilines is 2. The first kappa shape index (κ1) is 12.0. The zero-order chi connectivity index (χ0) is 11.5. The third kappa shape index (κ3) is 3.01. The van der Waals surface area contributed by atoms with Crippen LogP contribution in [0.15, 0.2) is 18.2 Å². The number of nitrogen functional groups attached to an aromatic ring is 1. The molecule has 0 aliphatic carbocycles. The first-order valence-corrected chi connectivity index (χ1v) is 6.66. The van der Waals surface area contributed by atoms with E-state index in [1.54, 1.807) is 0 Å². The lowest BCUT2D eigenvalue weighted by Crippen LogP contribution is -2.32. The lowest BCUT2D eigenvalue weighted by molar-refractivity contribution is 0.0232. The van der Waals surface area contributed by atoms with Crippen molar-refractivity contribution in [3.05, 3.63) is 21.8 Å². The second-order valence-electron chi connectivity index (χ2n) is 4.28. The standard InChI is InChI=1S/C12H17IN2O/c1-8-6-10(4-5-16-8)15-12-3-2-9(13)7-11(12)14/h2-3,7-8,10,15H,4-6,14H2,1H3. The van der Waals surface area contributed by atoms with Crippen molar-refractivity contribution in [3.63, 3.8) is 0 Å². The Morgan fingerprint density at radius 3 is 3.00 bits per heavy atom. The normalized spacial score (nSPS) is 25.4. The van der Waals surface area contributed by atoms with Crippen molar-refractivity contribution >= 4 is 34.0 Å². The third-order valence-corrected chi connectivity index (χ3v) is 3.53. The summed E-state index contributed by atoms with van der Waals surface area (Å²) >= 11 is 2.27. The molecule has 88 valence electrons. The van der Waals surface area contributed by atoms with Crippen LogP contribution >= 0.6 is 22.6 Å². The predicted molar refractivity (Wildman–Crippen MR) is 75.6 cm³/mol. The highest BCUT2D eigenvalue weighted by molar-refractivity contribution is 14.1. The second kappa shape index (κ2) is 5.23. The molecule has 2 atom stereocenters. The molecule has 1 aromatic rings. The van der Waals surface area contributed by atoms with Gasteiger partial charge in [0.2, 0.25) is 0 Å². The maximum absolute atomic E-state index is 5.97. The number of nitrogens with one attached hydrogen (secondary N) is 1. The molecule has 1 fully saturated rings. The van der Waals surface area contributed by atoms with Crippen LogP contribution in [0.1, 0.15) is 19.8 Å². The van der Waals surface area contributed by atoms with E-state index in [0.29, 0.717) is 12.1 Å². The Hall–Kier alpha value is -0.490. The van der Waals surface area contributed by atoms with Crippen molar-refractivity contribution < 1.29 is 4.74 Å². The summed E-state index contributed by atoms with van der Waals surface area (Å²) in [6.45, 7) is 2.95. The first-order chi connectivity index (χ1) is 7.65. The van der Waals surface area contributed by atoms with Gasteiger partial charge in [-0.05, 0) is 60.6 Å². The number of nitrogens with two attached hydrogens (primary N) is 1. The highest BCUT2D eigenvalue weighted by atomic mass is 127. The highest BCUT2D eigenvalue weighted by Crippen LogP contribution is 2.24. The van der Waals surface area contributed by atoms with E-state index in [4.69, 9.17) is 10.5 Å². The molecule has 3 nitrogen and oxygen atoms in total. The van der Waals surface area contributed by atoms with Gasteiger partial charge in [0.15, 0.2) is 0 Å². The van der Waals surface area contributed by atoms with Gasteiger partial charge in [0.1, 0.15) is 0 Å². The van der Waals surface area contributed by atoms with Gasteiger partial charge in [0.25, 0.3) is 0 Å². The van der Waals surface area contributed by atoms with Crippen LogP contribution in [0.3, 0.4) is 0 Å². The van der Waals surface area contributed by atoms with E-state index in [9.17, 15) is 0 Å². The van der Waals surface area contributed by atoms with Gasteiger partial charge in [-0.25, -0.2) is 0 Å². The zero-order valence-corrected chi connectivity index (χ0v) is 11.5. The van der Waals surface area contributed by atoms with Crippen molar-refractivity contribution in [1.29, 1.82) is 0 Å². The minimum Gasteiger partial charge on any atom is -0.397 e. The molecule has 0 bridgehead atoms. The zero-order valence-electron chi connectivity index (χ0n) is 9.37. The average Bonchev–Trinajstić information content (AvgIpc) is 2.22. The van der Waals surface area contributed by atoms with Crippen molar-refractivity contribution in [3.8, 4) is 0 Å². The van der Waals surface area contributed by atoms with Gasteiger partial charge in [-0.3, -0.25) is 0 Å². The van der Waals surface area contributed by atoms with Crippen LogP contribution in [0.25, 0.3) is 0 Å². The van der Waals surface area contributed by atoms with Crippen LogP contribution in [-0.4, -0.2) is 18.8 Å². The van der Waals surface area contributed by atoms with E-state index in [-0.39, 0.29) is 0 Å². The Bertz CT molecular complexity index is 370. The fraction of sp³-hybridized carbons (Fsp3) is 0.500. The van der Waals surface area contributed by atoms with Gasteiger partial charge in [0, 0.05) is 16.2 Å². The summed E-state index contributed by atoms with van der Waals surface area (Å²) in [7, 11) is 0. The summed E-state index contributed by atoms with van der Waals surface area (Å²) in [4.78, 5) is 0. The number of benzene rings is 1. The van der Waals surface area contributed by atoms with E-state index in [2.05, 4.69) is 47.0 Å². The first-order valence-electron chi connectivity index (χ1n) is 5.58. The van der Waals surface area contributed by atoms with Crippen molar-refractivity contribution in [1.82, 2.24) is 0 Å². The monoisotopic (exact) mass is 332 g/mol. The maximum atomic E-state index is 5.97. The topological polar surface area (TPSA) is 47.3 Å². The molecule has 1 saturated heterocycles. The number of hydrogen-bond acceptors (Lipinski definition) is 3. The fourth-order valence-corrected chi connectivity index (χ4v) is 2.53. The Kier molecular flexibility index (Phi) is 3.91. The maximum Gasteiger partial charge on any atom is 0.0576 e. The van der Waals surface area contributed by atoms with Crippen LogP contribution in [-0.2, 0) is 4.74 Å². The summed E-state index contributed by atoms with van der Waals surface area (Å²) in [5.41, 5.74) is 7.84. The minimum absolute atomic E-state index is 0.344. The van der Waals surface area contributed by atoms with E-state index < -0.39 is 0 Å². The molecule has 0 radical (unpaired) electrons. The Morgan fingerprint density at radius 1 is 1.50 bits per heavy atom. The quantitative estimate of drug-likeness (QED) is 0.647. The molecule has 3 N–H and O–H groups in total. The van der Waals surface area contributed by atoms with Crippen molar-refractivity contribution in [2.24, 2.45) is 0 Å². The van der Waals surface area contributed by atoms with Gasteiger partial charge in [0.05, 0.1) is 17.5 Å². The largest absolute Gasteiger partial charge is 0.397 e. The average molecular weight is 332 g/mol. The van der Waals surface area contributed by atoms with Crippen LogP contribution in [0.4, 0.5) is 11.4 Å². The molecule has 0 aromatic heterocycles. The van der Waals surface area contributed by atoms with Crippen LogP contribution in [0.5, 0.6) is 0 Å².